The van der Waals surface area contributed by atoms with E-state index in [0.29, 0.717) is 30.3 Å². The van der Waals surface area contributed by atoms with E-state index in [1.54, 1.807) is 63.2 Å². The highest BCUT2D eigenvalue weighted by Crippen LogP contribution is 2.24. The van der Waals surface area contributed by atoms with Crippen molar-refractivity contribution in [3.63, 3.8) is 0 Å². The van der Waals surface area contributed by atoms with Gasteiger partial charge in [-0.15, -0.1) is 12.4 Å². The van der Waals surface area contributed by atoms with Crippen molar-refractivity contribution in [2.24, 2.45) is 0 Å². The van der Waals surface area contributed by atoms with Gasteiger partial charge in [-0.25, -0.2) is 13.2 Å². The first kappa shape index (κ1) is 31.6. The predicted molar refractivity (Wildman–Crippen MR) is 150 cm³/mol. The molecule has 3 rings (SSSR count). The molecule has 0 amide bonds. The molecule has 0 heterocycles. The van der Waals surface area contributed by atoms with Crippen molar-refractivity contribution < 1.29 is 27.8 Å². The highest BCUT2D eigenvalue weighted by Gasteiger charge is 2.19. The van der Waals surface area contributed by atoms with Crippen molar-refractivity contribution in [1.29, 1.82) is 0 Å². The highest BCUT2D eigenvalue weighted by atomic mass is 35.5. The van der Waals surface area contributed by atoms with Gasteiger partial charge in [0.25, 0.3) is 0 Å². The molecule has 3 aromatic rings. The monoisotopic (exact) mass is 581 g/mol. The smallest absolute Gasteiger partial charge is 0.344 e. The third kappa shape index (κ3) is 9.60. The number of ether oxygens (including phenoxy) is 2. The Morgan fingerprint density at radius 3 is 2.18 bits per heavy atom. The Morgan fingerprint density at radius 2 is 1.61 bits per heavy atom. The zero-order chi connectivity index (χ0) is 27.1. The van der Waals surface area contributed by atoms with Gasteiger partial charge in [0.1, 0.15) is 11.4 Å². The second-order valence-electron chi connectivity index (χ2n) is 9.52. The van der Waals surface area contributed by atoms with E-state index in [-0.39, 0.29) is 28.8 Å². The van der Waals surface area contributed by atoms with E-state index in [1.807, 2.05) is 6.07 Å². The summed E-state index contributed by atoms with van der Waals surface area (Å²) >= 11 is 5.97. The Kier molecular flexibility index (Phi) is 11.6. The van der Waals surface area contributed by atoms with Crippen molar-refractivity contribution in [2.75, 3.05) is 19.7 Å². The molecule has 206 valence electrons. The van der Waals surface area contributed by atoms with Crippen LogP contribution in [0.4, 0.5) is 0 Å². The van der Waals surface area contributed by atoms with Gasteiger partial charge in [-0.2, -0.15) is 0 Å². The standard InChI is InChI=1S/C28H32ClNO6S.ClH/c1-28(2,3)36-27(32)19-35-23-9-13-25(14-10-23)37(33,34)24-11-7-20(8-12-24)15-16-30-18-26(31)21-5-4-6-22(29)17-21;/h4-14,17,26,30-31H,15-16,18-19H2,1-3H3;1H/t26-;/m0./s1. The van der Waals surface area contributed by atoms with Gasteiger partial charge in [0.15, 0.2) is 6.61 Å². The number of carbonyl (C=O) groups excluding carboxylic acids is 1. The third-order valence-electron chi connectivity index (χ3n) is 5.31. The molecule has 0 aromatic heterocycles. The van der Waals surface area contributed by atoms with E-state index in [4.69, 9.17) is 21.1 Å². The molecule has 1 atom stereocenters. The lowest BCUT2D eigenvalue weighted by Gasteiger charge is -2.19. The van der Waals surface area contributed by atoms with E-state index in [0.717, 1.165) is 11.1 Å². The summed E-state index contributed by atoms with van der Waals surface area (Å²) < 4.78 is 36.6. The summed E-state index contributed by atoms with van der Waals surface area (Å²) in [7, 11) is -3.71. The number of aliphatic hydroxyl groups is 1. The van der Waals surface area contributed by atoms with Gasteiger partial charge in [-0.3, -0.25) is 0 Å². The van der Waals surface area contributed by atoms with E-state index in [2.05, 4.69) is 5.32 Å². The van der Waals surface area contributed by atoms with Crippen molar-refractivity contribution in [3.05, 3.63) is 88.9 Å². The van der Waals surface area contributed by atoms with E-state index < -0.39 is 27.5 Å². The average Bonchev–Trinajstić information content (AvgIpc) is 2.85. The van der Waals surface area contributed by atoms with Crippen LogP contribution in [0.3, 0.4) is 0 Å². The first-order valence-electron chi connectivity index (χ1n) is 11.9. The minimum absolute atomic E-state index is 0. The topological polar surface area (TPSA) is 102 Å². The number of halogens is 2. The fraction of sp³-hybridized carbons (Fsp3) is 0.321. The van der Waals surface area contributed by atoms with Crippen LogP contribution in [-0.2, 0) is 25.8 Å². The van der Waals surface area contributed by atoms with Gasteiger partial charge < -0.3 is 19.9 Å². The van der Waals surface area contributed by atoms with Crippen LogP contribution in [-0.4, -0.2) is 44.8 Å². The molecule has 3 aromatic carbocycles. The molecule has 0 spiro atoms. The molecule has 7 nitrogen and oxygen atoms in total. The molecule has 0 saturated heterocycles. The molecule has 10 heteroatoms. The maximum Gasteiger partial charge on any atom is 0.344 e. The first-order valence-corrected chi connectivity index (χ1v) is 13.7. The lowest BCUT2D eigenvalue weighted by molar-refractivity contribution is -0.157. The Labute approximate surface area is 235 Å². The molecule has 0 bridgehead atoms. The fourth-order valence-corrected chi connectivity index (χ4v) is 4.96. The molecular weight excluding hydrogens is 549 g/mol. The normalized spacial score (nSPS) is 12.3. The van der Waals surface area contributed by atoms with Gasteiger partial charge in [-0.05, 0) is 93.4 Å². The number of hydrogen-bond donors (Lipinski definition) is 2. The minimum atomic E-state index is -3.71. The summed E-state index contributed by atoms with van der Waals surface area (Å²) in [6.07, 6.45) is 0.00652. The maximum atomic E-state index is 13.0. The van der Waals surface area contributed by atoms with Gasteiger partial charge in [0, 0.05) is 11.6 Å². The van der Waals surface area contributed by atoms with Crippen LogP contribution in [0, 0.1) is 0 Å². The molecule has 0 radical (unpaired) electrons. The Morgan fingerprint density at radius 1 is 1.00 bits per heavy atom. The molecule has 0 aliphatic rings. The number of nitrogens with one attached hydrogen (secondary N) is 1. The van der Waals surface area contributed by atoms with Crippen LogP contribution in [0.5, 0.6) is 5.75 Å². The van der Waals surface area contributed by atoms with Gasteiger partial charge in [0.05, 0.1) is 15.9 Å². The number of hydrogen-bond acceptors (Lipinski definition) is 7. The summed E-state index contributed by atoms with van der Waals surface area (Å²) in [5.74, 6) is -0.134. The summed E-state index contributed by atoms with van der Waals surface area (Å²) in [6.45, 7) is 6.04. The summed E-state index contributed by atoms with van der Waals surface area (Å²) in [4.78, 5) is 12.1. The van der Waals surface area contributed by atoms with Crippen molar-refractivity contribution >= 4 is 39.8 Å². The molecule has 0 unspecified atom stereocenters. The van der Waals surface area contributed by atoms with Crippen LogP contribution >= 0.6 is 24.0 Å². The largest absolute Gasteiger partial charge is 0.482 e. The molecule has 0 aliphatic heterocycles. The summed E-state index contributed by atoms with van der Waals surface area (Å²) in [6, 6.07) is 19.7. The molecule has 0 aliphatic carbocycles. The Balaban J connectivity index is 0.00000507. The number of esters is 1. The second kappa shape index (κ2) is 14.0. The zero-order valence-corrected chi connectivity index (χ0v) is 23.9. The van der Waals surface area contributed by atoms with E-state index in [9.17, 15) is 18.3 Å². The van der Waals surface area contributed by atoms with E-state index in [1.165, 1.54) is 24.3 Å². The lowest BCUT2D eigenvalue weighted by atomic mass is 10.1. The molecule has 38 heavy (non-hydrogen) atoms. The highest BCUT2D eigenvalue weighted by molar-refractivity contribution is 7.91. The number of rotatable bonds is 11. The van der Waals surface area contributed by atoms with Gasteiger partial charge in [-0.1, -0.05) is 35.9 Å². The number of sulfone groups is 1. The summed E-state index contributed by atoms with van der Waals surface area (Å²) in [5, 5.41) is 14.1. The average molecular weight is 583 g/mol. The van der Waals surface area contributed by atoms with Crippen molar-refractivity contribution in [1.82, 2.24) is 5.32 Å². The summed E-state index contributed by atoms with van der Waals surface area (Å²) in [5.41, 5.74) is 1.11. The Hall–Kier alpha value is -2.62. The number of benzene rings is 3. The second-order valence-corrected chi connectivity index (χ2v) is 11.9. The van der Waals surface area contributed by atoms with Crippen molar-refractivity contribution in [3.8, 4) is 5.75 Å². The number of aliphatic hydroxyl groups excluding tert-OH is 1. The first-order chi connectivity index (χ1) is 17.4. The third-order valence-corrected chi connectivity index (χ3v) is 7.33. The van der Waals surface area contributed by atoms with Crippen LogP contribution in [0.15, 0.2) is 82.6 Å². The molecule has 0 saturated carbocycles. The quantitative estimate of drug-likeness (QED) is 0.237. The van der Waals surface area contributed by atoms with Crippen molar-refractivity contribution in [2.45, 2.75) is 48.7 Å². The molecule has 2 N–H and O–H groups in total. The van der Waals surface area contributed by atoms with Gasteiger partial charge in [0.2, 0.25) is 9.84 Å². The predicted octanol–water partition coefficient (Wildman–Crippen LogP) is 5.18. The van der Waals surface area contributed by atoms with E-state index >= 15 is 0 Å². The van der Waals surface area contributed by atoms with Crippen LogP contribution in [0.25, 0.3) is 0 Å². The SMILES string of the molecule is CC(C)(C)OC(=O)COc1ccc(S(=O)(=O)c2ccc(CCNC[C@H](O)c3cccc(Cl)c3)cc2)cc1.Cl. The lowest BCUT2D eigenvalue weighted by Crippen LogP contribution is -2.27. The maximum absolute atomic E-state index is 13.0. The van der Waals surface area contributed by atoms with Crippen LogP contribution < -0.4 is 10.1 Å². The minimum Gasteiger partial charge on any atom is -0.482 e. The molecule has 0 fully saturated rings. The van der Waals surface area contributed by atoms with Crippen LogP contribution in [0.1, 0.15) is 38.0 Å². The molecular formula is C28H33Cl2NO6S. The fourth-order valence-electron chi connectivity index (χ4n) is 3.50. The Bertz CT molecular complexity index is 1290. The zero-order valence-electron chi connectivity index (χ0n) is 21.5. The van der Waals surface area contributed by atoms with Gasteiger partial charge >= 0.3 is 5.97 Å². The number of carbonyl (C=O) groups is 1. The van der Waals surface area contributed by atoms with Crippen LogP contribution in [0.2, 0.25) is 5.02 Å².